The number of piperazine rings is 1. The van der Waals surface area contributed by atoms with Gasteiger partial charge in [-0.3, -0.25) is 9.59 Å². The minimum absolute atomic E-state index is 0.117. The number of amides is 2. The Labute approximate surface area is 133 Å². The van der Waals surface area contributed by atoms with E-state index < -0.39 is 6.04 Å². The minimum atomic E-state index is -0.540. The number of furan rings is 1. The summed E-state index contributed by atoms with van der Waals surface area (Å²) in [5, 5.41) is 0.621. The first-order valence-corrected chi connectivity index (χ1v) is 7.37. The zero-order chi connectivity index (χ0) is 15.7. The van der Waals surface area contributed by atoms with Crippen LogP contribution in [0.25, 0.3) is 0 Å². The Morgan fingerprint density at radius 2 is 1.95 bits per heavy atom. The molecule has 0 spiro atoms. The van der Waals surface area contributed by atoms with E-state index in [0.29, 0.717) is 18.1 Å². The number of anilines is 1. The molecule has 3 rings (SSSR count). The van der Waals surface area contributed by atoms with E-state index in [0.717, 1.165) is 5.69 Å². The van der Waals surface area contributed by atoms with Gasteiger partial charge >= 0.3 is 0 Å². The Morgan fingerprint density at radius 1 is 1.23 bits per heavy atom. The summed E-state index contributed by atoms with van der Waals surface area (Å²) in [6.07, 6.45) is 1.45. The van der Waals surface area contributed by atoms with Crippen molar-refractivity contribution in [1.29, 1.82) is 0 Å². The van der Waals surface area contributed by atoms with Gasteiger partial charge in [-0.2, -0.15) is 0 Å². The second-order valence-corrected chi connectivity index (χ2v) is 5.55. The number of hydrogen-bond donors (Lipinski definition) is 0. The molecule has 1 fully saturated rings. The van der Waals surface area contributed by atoms with Crippen molar-refractivity contribution in [2.75, 3.05) is 18.0 Å². The first-order valence-electron chi connectivity index (χ1n) is 6.99. The average molecular weight is 319 g/mol. The van der Waals surface area contributed by atoms with Gasteiger partial charge in [-0.25, -0.2) is 0 Å². The number of nitrogens with zero attached hydrogens (tertiary/aromatic N) is 2. The molecule has 1 atom stereocenters. The van der Waals surface area contributed by atoms with E-state index in [4.69, 9.17) is 16.0 Å². The molecule has 2 heterocycles. The summed E-state index contributed by atoms with van der Waals surface area (Å²) in [5.74, 6) is -0.130. The number of hydrogen-bond acceptors (Lipinski definition) is 3. The Kier molecular flexibility index (Phi) is 3.90. The van der Waals surface area contributed by atoms with Gasteiger partial charge in [0.1, 0.15) is 6.04 Å². The molecule has 0 bridgehead atoms. The second-order valence-electron chi connectivity index (χ2n) is 5.12. The molecule has 0 unspecified atom stereocenters. The average Bonchev–Trinajstić information content (AvgIpc) is 3.05. The maximum Gasteiger partial charge on any atom is 0.290 e. The molecule has 2 amide bonds. The maximum absolute atomic E-state index is 12.6. The quantitative estimate of drug-likeness (QED) is 0.855. The molecule has 0 saturated carbocycles. The van der Waals surface area contributed by atoms with Crippen LogP contribution in [0, 0.1) is 0 Å². The van der Waals surface area contributed by atoms with Crippen LogP contribution in [0.4, 0.5) is 5.69 Å². The van der Waals surface area contributed by atoms with Gasteiger partial charge in [-0.05, 0) is 43.3 Å². The van der Waals surface area contributed by atoms with Gasteiger partial charge in [0.2, 0.25) is 5.91 Å². The van der Waals surface area contributed by atoms with Crippen LogP contribution >= 0.6 is 11.6 Å². The highest BCUT2D eigenvalue weighted by molar-refractivity contribution is 6.30. The molecular weight excluding hydrogens is 304 g/mol. The summed E-state index contributed by atoms with van der Waals surface area (Å²) in [4.78, 5) is 28.1. The minimum Gasteiger partial charge on any atom is -0.459 e. The molecule has 1 aliphatic heterocycles. The number of carbonyl (C=O) groups is 2. The lowest BCUT2D eigenvalue weighted by Gasteiger charge is -2.38. The van der Waals surface area contributed by atoms with Crippen LogP contribution in [0.3, 0.4) is 0 Å². The summed E-state index contributed by atoms with van der Waals surface area (Å²) in [7, 11) is 0. The molecule has 0 N–H and O–H groups in total. The highest BCUT2D eigenvalue weighted by Crippen LogP contribution is 2.23. The maximum atomic E-state index is 12.6. The van der Waals surface area contributed by atoms with Crippen molar-refractivity contribution in [1.82, 2.24) is 4.90 Å². The normalized spacial score (nSPS) is 18.6. The van der Waals surface area contributed by atoms with Gasteiger partial charge in [0.05, 0.1) is 6.26 Å². The van der Waals surface area contributed by atoms with Crippen molar-refractivity contribution >= 4 is 29.1 Å². The SMILES string of the molecule is C[C@H]1C(=O)N(c2ccc(Cl)cc2)CCN1C(=O)c1ccco1. The van der Waals surface area contributed by atoms with Gasteiger partial charge in [-0.1, -0.05) is 11.6 Å². The van der Waals surface area contributed by atoms with Crippen molar-refractivity contribution < 1.29 is 14.0 Å². The molecule has 5 nitrogen and oxygen atoms in total. The predicted molar refractivity (Wildman–Crippen MR) is 83.0 cm³/mol. The summed E-state index contributed by atoms with van der Waals surface area (Å²) >= 11 is 5.87. The number of halogens is 1. The van der Waals surface area contributed by atoms with E-state index in [2.05, 4.69) is 0 Å². The van der Waals surface area contributed by atoms with Crippen LogP contribution in [0.1, 0.15) is 17.5 Å². The number of carbonyl (C=O) groups excluding carboxylic acids is 2. The van der Waals surface area contributed by atoms with E-state index in [1.54, 1.807) is 48.2 Å². The summed E-state index contributed by atoms with van der Waals surface area (Å²) in [5.41, 5.74) is 0.784. The third-order valence-corrected chi connectivity index (χ3v) is 4.04. The molecule has 1 aliphatic rings. The summed E-state index contributed by atoms with van der Waals surface area (Å²) < 4.78 is 5.13. The Bertz CT molecular complexity index is 682. The van der Waals surface area contributed by atoms with E-state index in [1.165, 1.54) is 11.2 Å². The lowest BCUT2D eigenvalue weighted by molar-refractivity contribution is -0.124. The van der Waals surface area contributed by atoms with Crippen LogP contribution in [-0.4, -0.2) is 35.8 Å². The lowest BCUT2D eigenvalue weighted by Crippen LogP contribution is -2.57. The molecule has 0 radical (unpaired) electrons. The fraction of sp³-hybridized carbons (Fsp3) is 0.250. The van der Waals surface area contributed by atoms with Crippen LogP contribution in [0.5, 0.6) is 0 Å². The van der Waals surface area contributed by atoms with Gasteiger partial charge in [0.15, 0.2) is 5.76 Å². The van der Waals surface area contributed by atoms with Crippen LogP contribution in [0.15, 0.2) is 47.1 Å². The molecule has 22 heavy (non-hydrogen) atoms. The smallest absolute Gasteiger partial charge is 0.290 e. The van der Waals surface area contributed by atoms with E-state index in [1.807, 2.05) is 0 Å². The highest BCUT2D eigenvalue weighted by atomic mass is 35.5. The van der Waals surface area contributed by atoms with Crippen molar-refractivity contribution in [3.8, 4) is 0 Å². The summed E-state index contributed by atoms with van der Waals surface area (Å²) in [6, 6.07) is 9.81. The largest absolute Gasteiger partial charge is 0.459 e. The van der Waals surface area contributed by atoms with Crippen LogP contribution in [0.2, 0.25) is 5.02 Å². The molecule has 1 aromatic heterocycles. The lowest BCUT2D eigenvalue weighted by atomic mass is 10.1. The van der Waals surface area contributed by atoms with Gasteiger partial charge in [0.25, 0.3) is 5.91 Å². The molecule has 0 aliphatic carbocycles. The van der Waals surface area contributed by atoms with Crippen molar-refractivity contribution in [3.63, 3.8) is 0 Å². The third-order valence-electron chi connectivity index (χ3n) is 3.79. The van der Waals surface area contributed by atoms with E-state index in [9.17, 15) is 9.59 Å². The van der Waals surface area contributed by atoms with Gasteiger partial charge in [0, 0.05) is 23.8 Å². The van der Waals surface area contributed by atoms with Crippen molar-refractivity contribution in [2.24, 2.45) is 0 Å². The Morgan fingerprint density at radius 3 is 2.59 bits per heavy atom. The summed E-state index contributed by atoms with van der Waals surface area (Å²) in [6.45, 7) is 2.62. The van der Waals surface area contributed by atoms with E-state index >= 15 is 0 Å². The second kappa shape index (κ2) is 5.85. The first kappa shape index (κ1) is 14.7. The van der Waals surface area contributed by atoms with Crippen molar-refractivity contribution in [3.05, 3.63) is 53.4 Å². The Balaban J connectivity index is 1.78. The van der Waals surface area contributed by atoms with Gasteiger partial charge < -0.3 is 14.2 Å². The number of rotatable bonds is 2. The molecule has 6 heteroatoms. The zero-order valence-corrected chi connectivity index (χ0v) is 12.8. The molecular formula is C16H15ClN2O3. The molecule has 2 aromatic rings. The van der Waals surface area contributed by atoms with Gasteiger partial charge in [-0.15, -0.1) is 0 Å². The number of benzene rings is 1. The molecule has 114 valence electrons. The third kappa shape index (κ3) is 2.60. The molecule has 1 aromatic carbocycles. The first-order chi connectivity index (χ1) is 10.6. The zero-order valence-electron chi connectivity index (χ0n) is 12.0. The van der Waals surface area contributed by atoms with Crippen molar-refractivity contribution in [2.45, 2.75) is 13.0 Å². The fourth-order valence-corrected chi connectivity index (χ4v) is 2.69. The standard InChI is InChI=1S/C16H15ClN2O3/c1-11-15(20)19(13-6-4-12(17)5-7-13)9-8-18(11)16(21)14-3-2-10-22-14/h2-7,10-11H,8-9H2,1H3/t11-/m0/s1. The highest BCUT2D eigenvalue weighted by Gasteiger charge is 2.36. The fourth-order valence-electron chi connectivity index (χ4n) is 2.57. The van der Waals surface area contributed by atoms with E-state index in [-0.39, 0.29) is 17.6 Å². The predicted octanol–water partition coefficient (Wildman–Crippen LogP) is 2.81. The van der Waals surface area contributed by atoms with Crippen LogP contribution < -0.4 is 4.90 Å². The topological polar surface area (TPSA) is 53.8 Å². The van der Waals surface area contributed by atoms with Crippen LogP contribution in [-0.2, 0) is 4.79 Å². The monoisotopic (exact) mass is 318 g/mol. The molecule has 1 saturated heterocycles. The Hall–Kier alpha value is -2.27.